The van der Waals surface area contributed by atoms with E-state index >= 15 is 4.79 Å². The molecule has 2 N–H and O–H groups in total. The molecule has 0 bridgehead atoms. The van der Waals surface area contributed by atoms with Gasteiger partial charge in [0.2, 0.25) is 0 Å². The van der Waals surface area contributed by atoms with E-state index in [-0.39, 0.29) is 23.9 Å². The number of hydrogen-bond donors (Lipinski definition) is 2. The van der Waals surface area contributed by atoms with Crippen LogP contribution in [0.4, 0.5) is 11.4 Å². The third-order valence-electron chi connectivity index (χ3n) is 18.5. The molecule has 6 aromatic carbocycles. The molecule has 0 amide bonds. The summed E-state index contributed by atoms with van der Waals surface area (Å²) in [6, 6.07) is 48.8. The van der Waals surface area contributed by atoms with Crippen molar-refractivity contribution in [2.75, 3.05) is 88.3 Å². The molecule has 384 valence electrons. The van der Waals surface area contributed by atoms with E-state index in [1.165, 1.54) is 78.0 Å². The van der Waals surface area contributed by atoms with Crippen LogP contribution in [0.3, 0.4) is 0 Å². The van der Waals surface area contributed by atoms with E-state index in [1.54, 1.807) is 12.7 Å². The van der Waals surface area contributed by atoms with Gasteiger partial charge >= 0.3 is 0 Å². The average molecular weight is 1010 g/mol. The smallest absolute Gasteiger partial charge is 0.167 e. The van der Waals surface area contributed by atoms with Crippen LogP contribution >= 0.6 is 0 Å². The molecule has 11 heteroatoms. The molecule has 2 aliphatic carbocycles. The first-order chi connectivity index (χ1) is 37.6. The van der Waals surface area contributed by atoms with Crippen molar-refractivity contribution >= 4 is 39.0 Å². The minimum atomic E-state index is -0.285. The van der Waals surface area contributed by atoms with Gasteiger partial charge in [-0.3, -0.25) is 14.6 Å². The Balaban J connectivity index is 0.788. The van der Waals surface area contributed by atoms with E-state index in [4.69, 9.17) is 19.9 Å². The van der Waals surface area contributed by atoms with Gasteiger partial charge in [0.05, 0.1) is 34.5 Å². The fourth-order valence-corrected chi connectivity index (χ4v) is 14.5. The van der Waals surface area contributed by atoms with E-state index < -0.39 is 0 Å². The van der Waals surface area contributed by atoms with Crippen LogP contribution in [0, 0.1) is 0 Å². The van der Waals surface area contributed by atoms with Crippen molar-refractivity contribution in [1.29, 1.82) is 0 Å². The van der Waals surface area contributed by atoms with Gasteiger partial charge in [0.25, 0.3) is 0 Å². The molecule has 0 saturated carbocycles. The summed E-state index contributed by atoms with van der Waals surface area (Å²) in [5.41, 5.74) is 17.4. The second kappa shape index (κ2) is 20.6. The Labute approximate surface area is 446 Å². The Hall–Kier alpha value is -6.89. The van der Waals surface area contributed by atoms with Crippen molar-refractivity contribution in [3.63, 3.8) is 0 Å². The molecule has 0 radical (unpaired) electrons. The zero-order chi connectivity index (χ0) is 50.5. The Bertz CT molecular complexity index is 3110. The highest BCUT2D eigenvalue weighted by Crippen LogP contribution is 2.50. The molecule has 11 nitrogen and oxygen atoms in total. The number of ketones is 1. The largest absolute Gasteiger partial charge is 0.369 e. The average Bonchev–Trinajstić information content (AvgIpc) is 4.01. The van der Waals surface area contributed by atoms with Gasteiger partial charge < -0.3 is 20.4 Å². The summed E-state index contributed by atoms with van der Waals surface area (Å²) >= 11 is 0. The zero-order valence-electron chi connectivity index (χ0n) is 43.5. The molecule has 4 saturated heterocycles. The number of carbonyl (C=O) groups is 1. The SMILES string of the molecule is O=C(C(CC1c2ccccc2-c2ccccc21)N1CCN(c2ccc3c(C4CCNCC4)ncnc3c2)CC1)C(CC1c2ccccc2-c2ccccc21)N1CCN(c2ccc3c(C4CCNCC4)ncnc3c2)CC1. The van der Waals surface area contributed by atoms with E-state index in [0.29, 0.717) is 17.6 Å². The van der Waals surface area contributed by atoms with Crippen LogP contribution in [0.5, 0.6) is 0 Å². The molecule has 6 aliphatic rings. The van der Waals surface area contributed by atoms with E-state index in [2.05, 4.69) is 164 Å². The third kappa shape index (κ3) is 8.75. The molecule has 8 aromatic rings. The number of hydrogen-bond acceptors (Lipinski definition) is 11. The Morgan fingerprint density at radius 2 is 0.803 bits per heavy atom. The lowest BCUT2D eigenvalue weighted by molar-refractivity contribution is -0.131. The molecule has 6 heterocycles. The van der Waals surface area contributed by atoms with Gasteiger partial charge in [0, 0.05) is 98.2 Å². The van der Waals surface area contributed by atoms with Gasteiger partial charge in [0.15, 0.2) is 5.78 Å². The number of rotatable bonds is 12. The maximum Gasteiger partial charge on any atom is 0.167 e. The van der Waals surface area contributed by atoms with Crippen molar-refractivity contribution in [3.05, 3.63) is 180 Å². The maximum atomic E-state index is 16.6. The molecule has 4 fully saturated rings. The predicted molar refractivity (Wildman–Crippen MR) is 306 cm³/mol. The normalized spacial score (nSPS) is 19.6. The van der Waals surface area contributed by atoms with E-state index in [1.807, 2.05) is 0 Å². The number of nitrogens with one attached hydrogen (secondary N) is 2. The van der Waals surface area contributed by atoms with E-state index in [9.17, 15) is 0 Å². The molecule has 2 aromatic heterocycles. The van der Waals surface area contributed by atoms with Crippen molar-refractivity contribution in [2.45, 2.75) is 74.3 Å². The highest BCUT2D eigenvalue weighted by Gasteiger charge is 2.43. The molecule has 2 unspecified atom stereocenters. The zero-order valence-corrected chi connectivity index (χ0v) is 43.5. The monoisotopic (exact) mass is 1000 g/mol. The van der Waals surface area contributed by atoms with Crippen molar-refractivity contribution in [1.82, 2.24) is 40.4 Å². The Morgan fingerprint density at radius 1 is 0.447 bits per heavy atom. The van der Waals surface area contributed by atoms with Crippen LogP contribution < -0.4 is 20.4 Å². The van der Waals surface area contributed by atoms with E-state index in [0.717, 1.165) is 128 Å². The minimum absolute atomic E-state index is 0.117. The Kier molecular flexibility index (Phi) is 12.9. The number of piperidine rings is 2. The summed E-state index contributed by atoms with van der Waals surface area (Å²) in [6.07, 6.45) is 9.43. The first kappa shape index (κ1) is 47.6. The van der Waals surface area contributed by atoms with Crippen LogP contribution in [0.1, 0.15) is 95.8 Å². The Morgan fingerprint density at radius 3 is 1.17 bits per heavy atom. The van der Waals surface area contributed by atoms with Crippen LogP contribution in [0.15, 0.2) is 146 Å². The maximum absolute atomic E-state index is 16.6. The molecule has 14 rings (SSSR count). The number of carbonyl (C=O) groups excluding carboxylic acids is 1. The molecule has 4 aliphatic heterocycles. The molecule has 0 spiro atoms. The summed E-state index contributed by atoms with van der Waals surface area (Å²) in [5, 5.41) is 9.38. The number of piperazine rings is 2. The standard InChI is InChI=1S/C65H68N10O/c76-65(61(39-57-51-13-5-1-9-47(51)48-10-2-6-14-52(48)57)74-33-29-72(30-34-74)45-17-19-55-59(37-45)68-41-70-63(55)43-21-25-66-26-22-43)62(40-58-53-15-7-3-11-49(53)50-12-4-8-16-54(50)58)75-35-31-73(32-36-75)46-18-20-56-60(38-46)69-42-71-64(56)44-23-27-67-28-24-44/h1-20,37-38,41-44,57-58,61-62,66-67H,21-36,39-40H2. The number of benzene rings is 6. The third-order valence-corrected chi connectivity index (χ3v) is 18.5. The van der Waals surface area contributed by atoms with Gasteiger partial charge in [-0.05, 0) is 146 Å². The van der Waals surface area contributed by atoms with Gasteiger partial charge in [0.1, 0.15) is 12.7 Å². The van der Waals surface area contributed by atoms with Crippen molar-refractivity contribution < 1.29 is 4.79 Å². The lowest BCUT2D eigenvalue weighted by atomic mass is 9.82. The molecule has 2 atom stereocenters. The number of Topliss-reactive ketones (excluding diaryl/α,β-unsaturated/α-hetero) is 1. The van der Waals surface area contributed by atoms with Gasteiger partial charge in [-0.25, -0.2) is 19.9 Å². The highest BCUT2D eigenvalue weighted by atomic mass is 16.1. The lowest BCUT2D eigenvalue weighted by Crippen LogP contribution is -2.59. The van der Waals surface area contributed by atoms with Gasteiger partial charge in [-0.1, -0.05) is 97.1 Å². The molecular weight excluding hydrogens is 937 g/mol. The predicted octanol–water partition coefficient (Wildman–Crippen LogP) is 10.2. The summed E-state index contributed by atoms with van der Waals surface area (Å²) in [6.45, 7) is 10.7. The first-order valence-corrected chi connectivity index (χ1v) is 28.4. The highest BCUT2D eigenvalue weighted by molar-refractivity contribution is 5.91. The number of fused-ring (bicyclic) bond motifs is 8. The van der Waals surface area contributed by atoms with Gasteiger partial charge in [-0.15, -0.1) is 0 Å². The fraction of sp³-hybridized carbons (Fsp3) is 0.369. The van der Waals surface area contributed by atoms with Gasteiger partial charge in [-0.2, -0.15) is 0 Å². The summed E-state index contributed by atoms with van der Waals surface area (Å²) in [4.78, 5) is 46.1. The van der Waals surface area contributed by atoms with Crippen LogP contribution in [0.25, 0.3) is 44.1 Å². The molecule has 76 heavy (non-hydrogen) atoms. The van der Waals surface area contributed by atoms with Crippen molar-refractivity contribution in [3.8, 4) is 22.3 Å². The molecular formula is C65H68N10O. The summed E-state index contributed by atoms with van der Waals surface area (Å²) < 4.78 is 0. The van der Waals surface area contributed by atoms with Crippen LogP contribution in [0.2, 0.25) is 0 Å². The lowest BCUT2D eigenvalue weighted by Gasteiger charge is -2.45. The number of anilines is 2. The summed E-state index contributed by atoms with van der Waals surface area (Å²) in [7, 11) is 0. The number of aromatic nitrogens is 4. The second-order valence-electron chi connectivity index (χ2n) is 22.4. The topological polar surface area (TPSA) is 106 Å². The minimum Gasteiger partial charge on any atom is -0.369 e. The van der Waals surface area contributed by atoms with Crippen LogP contribution in [-0.2, 0) is 4.79 Å². The first-order valence-electron chi connectivity index (χ1n) is 28.4. The number of nitrogens with zero attached hydrogens (tertiary/aromatic N) is 8. The second-order valence-corrected chi connectivity index (χ2v) is 22.4. The van der Waals surface area contributed by atoms with Crippen LogP contribution in [-0.4, -0.2) is 126 Å². The fourth-order valence-electron chi connectivity index (χ4n) is 14.5. The van der Waals surface area contributed by atoms with Crippen molar-refractivity contribution in [2.24, 2.45) is 0 Å². The summed E-state index contributed by atoms with van der Waals surface area (Å²) in [5.74, 6) is 1.51. The quantitative estimate of drug-likeness (QED) is 0.122.